The normalized spacial score (nSPS) is 18.7. The molecule has 1 fully saturated rings. The second-order valence-electron chi connectivity index (χ2n) is 4.29. The molecule has 14 heavy (non-hydrogen) atoms. The number of rotatable bonds is 2. The van der Waals surface area contributed by atoms with E-state index in [4.69, 9.17) is 4.52 Å². The van der Waals surface area contributed by atoms with Gasteiger partial charge in [0.25, 0.3) is 0 Å². The summed E-state index contributed by atoms with van der Waals surface area (Å²) in [5, 5.41) is 4.24. The van der Waals surface area contributed by atoms with Crippen LogP contribution in [-0.2, 0) is 6.42 Å². The molecule has 1 saturated carbocycles. The molecule has 0 bridgehead atoms. The van der Waals surface area contributed by atoms with E-state index in [-0.39, 0.29) is 0 Å². The zero-order chi connectivity index (χ0) is 9.97. The van der Waals surface area contributed by atoms with E-state index in [2.05, 4.69) is 12.1 Å². The summed E-state index contributed by atoms with van der Waals surface area (Å²) in [4.78, 5) is 0. The summed E-state index contributed by atoms with van der Waals surface area (Å²) in [5.74, 6) is 1.70. The minimum Gasteiger partial charge on any atom is -0.361 e. The lowest BCUT2D eigenvalue weighted by atomic mass is 9.85. The summed E-state index contributed by atoms with van der Waals surface area (Å²) in [6.07, 6.45) is 7.79. The summed E-state index contributed by atoms with van der Waals surface area (Å²) in [7, 11) is 0. The van der Waals surface area contributed by atoms with Crippen LogP contribution in [0.2, 0.25) is 0 Å². The third-order valence-electron chi connectivity index (χ3n) is 3.36. The van der Waals surface area contributed by atoms with E-state index in [9.17, 15) is 0 Å². The van der Waals surface area contributed by atoms with Gasteiger partial charge in [0, 0.05) is 11.5 Å². The average Bonchev–Trinajstić information content (AvgIpc) is 2.61. The van der Waals surface area contributed by atoms with Gasteiger partial charge >= 0.3 is 0 Å². The quantitative estimate of drug-likeness (QED) is 0.717. The minimum absolute atomic E-state index is 0.677. The molecule has 78 valence electrons. The fraction of sp³-hybridized carbons (Fsp3) is 0.750. The van der Waals surface area contributed by atoms with Gasteiger partial charge in [-0.1, -0.05) is 31.3 Å². The Hall–Kier alpha value is -0.790. The van der Waals surface area contributed by atoms with Gasteiger partial charge < -0.3 is 4.52 Å². The fourth-order valence-corrected chi connectivity index (χ4v) is 2.54. The molecule has 0 saturated heterocycles. The minimum atomic E-state index is 0.677. The molecule has 1 aliphatic carbocycles. The van der Waals surface area contributed by atoms with Gasteiger partial charge in [-0.15, -0.1) is 0 Å². The lowest BCUT2D eigenvalue weighted by molar-refractivity contribution is 0.367. The van der Waals surface area contributed by atoms with E-state index in [1.54, 1.807) is 0 Å². The van der Waals surface area contributed by atoms with Gasteiger partial charge in [0.15, 0.2) is 0 Å². The maximum atomic E-state index is 5.29. The van der Waals surface area contributed by atoms with Crippen LogP contribution in [0.25, 0.3) is 0 Å². The summed E-state index contributed by atoms with van der Waals surface area (Å²) in [5.41, 5.74) is 2.61. The molecular formula is C12H19NO. The highest BCUT2D eigenvalue weighted by molar-refractivity contribution is 5.25. The largest absolute Gasteiger partial charge is 0.361 e. The van der Waals surface area contributed by atoms with Crippen molar-refractivity contribution in [2.45, 2.75) is 58.3 Å². The molecular weight excluding hydrogens is 174 g/mol. The fourth-order valence-electron chi connectivity index (χ4n) is 2.54. The molecule has 0 radical (unpaired) electrons. The van der Waals surface area contributed by atoms with E-state index < -0.39 is 0 Å². The summed E-state index contributed by atoms with van der Waals surface area (Å²) >= 11 is 0. The first-order valence-electron chi connectivity index (χ1n) is 5.78. The predicted octanol–water partition coefficient (Wildman–Crippen LogP) is 3.59. The van der Waals surface area contributed by atoms with Gasteiger partial charge in [-0.3, -0.25) is 0 Å². The lowest BCUT2D eigenvalue weighted by Crippen LogP contribution is -2.07. The SMILES string of the molecule is CCc1c(C2CCCCC2)noc1C. The molecule has 2 rings (SSSR count). The number of nitrogens with zero attached hydrogens (tertiary/aromatic N) is 1. The summed E-state index contributed by atoms with van der Waals surface area (Å²) in [6.45, 7) is 4.21. The third-order valence-corrected chi connectivity index (χ3v) is 3.36. The first-order valence-corrected chi connectivity index (χ1v) is 5.78. The lowest BCUT2D eigenvalue weighted by Gasteiger charge is -2.20. The second-order valence-corrected chi connectivity index (χ2v) is 4.29. The van der Waals surface area contributed by atoms with E-state index in [0.717, 1.165) is 12.2 Å². The van der Waals surface area contributed by atoms with Crippen molar-refractivity contribution in [1.82, 2.24) is 5.16 Å². The Morgan fingerprint density at radius 2 is 2.00 bits per heavy atom. The van der Waals surface area contributed by atoms with Crippen LogP contribution >= 0.6 is 0 Å². The number of aryl methyl sites for hydroxylation is 1. The highest BCUT2D eigenvalue weighted by Crippen LogP contribution is 2.34. The van der Waals surface area contributed by atoms with Crippen LogP contribution in [0.3, 0.4) is 0 Å². The van der Waals surface area contributed by atoms with E-state index in [0.29, 0.717) is 5.92 Å². The average molecular weight is 193 g/mol. The van der Waals surface area contributed by atoms with Crippen molar-refractivity contribution >= 4 is 0 Å². The molecule has 0 atom stereocenters. The zero-order valence-electron chi connectivity index (χ0n) is 9.18. The standard InChI is InChI=1S/C12H19NO/c1-3-11-9(2)14-13-12(11)10-7-5-4-6-8-10/h10H,3-8H2,1-2H3. The molecule has 0 spiro atoms. The van der Waals surface area contributed by atoms with E-state index >= 15 is 0 Å². The van der Waals surface area contributed by atoms with Gasteiger partial charge in [0.2, 0.25) is 0 Å². The summed E-state index contributed by atoms with van der Waals surface area (Å²) < 4.78 is 5.29. The highest BCUT2D eigenvalue weighted by Gasteiger charge is 2.22. The molecule has 1 aromatic rings. The van der Waals surface area contributed by atoms with Crippen molar-refractivity contribution in [3.8, 4) is 0 Å². The number of hydrogen-bond donors (Lipinski definition) is 0. The topological polar surface area (TPSA) is 26.0 Å². The van der Waals surface area contributed by atoms with Crippen LogP contribution in [0.4, 0.5) is 0 Å². The van der Waals surface area contributed by atoms with Crippen LogP contribution < -0.4 is 0 Å². The van der Waals surface area contributed by atoms with Crippen LogP contribution in [0.15, 0.2) is 4.52 Å². The number of hydrogen-bond acceptors (Lipinski definition) is 2. The Bertz CT molecular complexity index is 297. The second kappa shape index (κ2) is 4.16. The van der Waals surface area contributed by atoms with Crippen molar-refractivity contribution < 1.29 is 4.52 Å². The Labute approximate surface area is 85.7 Å². The molecule has 0 aliphatic heterocycles. The Morgan fingerprint density at radius 1 is 1.29 bits per heavy atom. The molecule has 1 aromatic heterocycles. The van der Waals surface area contributed by atoms with Gasteiger partial charge in [-0.2, -0.15) is 0 Å². The first-order chi connectivity index (χ1) is 6.83. The van der Waals surface area contributed by atoms with Crippen molar-refractivity contribution in [3.63, 3.8) is 0 Å². The molecule has 1 aliphatic rings. The smallest absolute Gasteiger partial charge is 0.137 e. The Morgan fingerprint density at radius 3 is 2.64 bits per heavy atom. The monoisotopic (exact) mass is 193 g/mol. The predicted molar refractivity (Wildman–Crippen MR) is 56.4 cm³/mol. The van der Waals surface area contributed by atoms with Crippen molar-refractivity contribution in [1.29, 1.82) is 0 Å². The first kappa shape index (κ1) is 9.75. The van der Waals surface area contributed by atoms with Gasteiger partial charge in [-0.25, -0.2) is 0 Å². The van der Waals surface area contributed by atoms with Crippen LogP contribution in [0.5, 0.6) is 0 Å². The van der Waals surface area contributed by atoms with E-state index in [1.165, 1.54) is 43.4 Å². The Kier molecular flexibility index (Phi) is 2.90. The molecule has 0 amide bonds. The molecule has 0 unspecified atom stereocenters. The maximum absolute atomic E-state index is 5.29. The van der Waals surface area contributed by atoms with Crippen LogP contribution in [0.1, 0.15) is 62.0 Å². The molecule has 2 nitrogen and oxygen atoms in total. The highest BCUT2D eigenvalue weighted by atomic mass is 16.5. The third kappa shape index (κ3) is 1.70. The van der Waals surface area contributed by atoms with Gasteiger partial charge in [-0.05, 0) is 26.2 Å². The van der Waals surface area contributed by atoms with Crippen molar-refractivity contribution in [3.05, 3.63) is 17.0 Å². The van der Waals surface area contributed by atoms with Crippen molar-refractivity contribution in [2.24, 2.45) is 0 Å². The molecule has 1 heterocycles. The number of aromatic nitrogens is 1. The summed E-state index contributed by atoms with van der Waals surface area (Å²) in [6, 6.07) is 0. The molecule has 0 aromatic carbocycles. The van der Waals surface area contributed by atoms with E-state index in [1.807, 2.05) is 6.92 Å². The molecule has 0 N–H and O–H groups in total. The van der Waals surface area contributed by atoms with Gasteiger partial charge in [0.05, 0.1) is 5.69 Å². The maximum Gasteiger partial charge on any atom is 0.137 e. The Balaban J connectivity index is 2.21. The van der Waals surface area contributed by atoms with Crippen molar-refractivity contribution in [2.75, 3.05) is 0 Å². The van der Waals surface area contributed by atoms with Crippen LogP contribution in [0, 0.1) is 6.92 Å². The van der Waals surface area contributed by atoms with Gasteiger partial charge in [0.1, 0.15) is 5.76 Å². The zero-order valence-corrected chi connectivity index (χ0v) is 9.18. The molecule has 2 heteroatoms. The van der Waals surface area contributed by atoms with Crippen LogP contribution in [-0.4, -0.2) is 5.16 Å².